The number of amides is 2. The minimum Gasteiger partial charge on any atom is -0.368 e. The number of anilines is 3. The fraction of sp³-hybridized carbons (Fsp3) is 0.267. The summed E-state index contributed by atoms with van der Waals surface area (Å²) >= 11 is 0. The number of alkyl halides is 3. The fourth-order valence-corrected chi connectivity index (χ4v) is 5.16. The van der Waals surface area contributed by atoms with Gasteiger partial charge >= 0.3 is 12.2 Å². The summed E-state index contributed by atoms with van der Waals surface area (Å²) in [5.41, 5.74) is 8.77. The van der Waals surface area contributed by atoms with Crippen LogP contribution in [0.4, 0.5) is 35.0 Å². The highest BCUT2D eigenvalue weighted by atomic mass is 35.5. The molecule has 6 nitrogen and oxygen atoms in total. The normalized spacial score (nSPS) is 13.8. The van der Waals surface area contributed by atoms with Crippen molar-refractivity contribution in [1.29, 1.82) is 0 Å². The number of nitrogens with zero attached hydrogens (tertiary/aromatic N) is 4. The van der Waals surface area contributed by atoms with Crippen LogP contribution in [0.1, 0.15) is 16.8 Å². The van der Waals surface area contributed by atoms with Crippen LogP contribution in [0.15, 0.2) is 78.9 Å². The van der Waals surface area contributed by atoms with Gasteiger partial charge < -0.3 is 10.6 Å². The van der Waals surface area contributed by atoms with E-state index in [1.807, 2.05) is 31.2 Å². The lowest BCUT2D eigenvalue weighted by Gasteiger charge is -2.36. The largest absolute Gasteiger partial charge is 0.418 e. The number of hydrogen-bond donors (Lipinski definition) is 1. The van der Waals surface area contributed by atoms with Crippen LogP contribution in [0.3, 0.4) is 0 Å². The van der Waals surface area contributed by atoms with Crippen molar-refractivity contribution in [2.24, 2.45) is 5.73 Å². The van der Waals surface area contributed by atoms with Gasteiger partial charge in [0.2, 0.25) is 0 Å². The van der Waals surface area contributed by atoms with Crippen LogP contribution in [-0.4, -0.2) is 48.6 Å². The summed E-state index contributed by atoms with van der Waals surface area (Å²) in [4.78, 5) is 22.6. The molecule has 0 radical (unpaired) electrons. The van der Waals surface area contributed by atoms with Crippen molar-refractivity contribution in [2.45, 2.75) is 19.5 Å². The van der Waals surface area contributed by atoms with E-state index in [9.17, 15) is 18.0 Å². The lowest BCUT2D eigenvalue weighted by atomic mass is 10.1. The van der Waals surface area contributed by atoms with Gasteiger partial charge in [-0.2, -0.15) is 13.2 Å². The van der Waals surface area contributed by atoms with E-state index in [4.69, 9.17) is 5.73 Å². The molecule has 1 aliphatic rings. The fourth-order valence-electron chi connectivity index (χ4n) is 5.16. The molecule has 0 unspecified atom stereocenters. The van der Waals surface area contributed by atoms with Crippen molar-refractivity contribution in [3.05, 3.63) is 95.7 Å². The number of para-hydroxylation sites is 1. The van der Waals surface area contributed by atoms with Crippen LogP contribution in [0.25, 0.3) is 10.9 Å². The number of fused-ring (bicyclic) bond motifs is 1. The molecule has 1 fully saturated rings. The number of primary amides is 1. The first-order chi connectivity index (χ1) is 18.7. The highest BCUT2D eigenvalue weighted by Gasteiger charge is 2.36. The van der Waals surface area contributed by atoms with E-state index < -0.39 is 17.8 Å². The summed E-state index contributed by atoms with van der Waals surface area (Å²) in [5, 5.41) is 1.15. The van der Waals surface area contributed by atoms with Crippen molar-refractivity contribution >= 4 is 58.8 Å². The molecule has 1 aliphatic heterocycles. The Morgan fingerprint density at radius 2 is 1.63 bits per heavy atom. The molecular formula is C30H32Cl2F3N5O. The third kappa shape index (κ3) is 7.22. The van der Waals surface area contributed by atoms with Gasteiger partial charge in [0.05, 0.1) is 22.5 Å². The highest BCUT2D eigenvalue weighted by molar-refractivity contribution is 5.99. The lowest BCUT2D eigenvalue weighted by Crippen LogP contribution is -2.47. The van der Waals surface area contributed by atoms with Crippen molar-refractivity contribution < 1.29 is 18.0 Å². The SMILES string of the molecule is Cc1ccc2c(N3CCN(CCc4cccc(N(C(N)=O)c5ccccc5C(F)(F)F)c4)CC3)cccc2n1.Cl.Cl. The van der Waals surface area contributed by atoms with E-state index in [1.165, 1.54) is 23.9 Å². The van der Waals surface area contributed by atoms with Crippen LogP contribution in [0.2, 0.25) is 0 Å². The monoisotopic (exact) mass is 605 g/mol. The first kappa shape index (κ1) is 32.0. The zero-order valence-electron chi connectivity index (χ0n) is 22.5. The number of piperazine rings is 1. The number of hydrogen-bond acceptors (Lipinski definition) is 4. The number of aromatic nitrogens is 1. The Labute approximate surface area is 249 Å². The second-order valence-electron chi connectivity index (χ2n) is 9.73. The molecular weight excluding hydrogens is 574 g/mol. The van der Waals surface area contributed by atoms with Crippen LogP contribution >= 0.6 is 24.8 Å². The van der Waals surface area contributed by atoms with Gasteiger partial charge in [0.1, 0.15) is 0 Å². The predicted octanol–water partition coefficient (Wildman–Crippen LogP) is 6.99. The van der Waals surface area contributed by atoms with Crippen LogP contribution in [0, 0.1) is 6.92 Å². The Kier molecular flexibility index (Phi) is 10.5. The number of halogens is 5. The smallest absolute Gasteiger partial charge is 0.368 e. The Bertz CT molecular complexity index is 1490. The third-order valence-corrected chi connectivity index (χ3v) is 7.12. The minimum absolute atomic E-state index is 0. The standard InChI is InChI=1S/C30H30F3N5O.2ClH/c1-21-12-13-24-26(35-21)9-5-11-27(24)37-18-16-36(17-19-37)15-14-22-6-4-7-23(20-22)38(29(34)39)28-10-3-2-8-25(28)30(31,32)33;;/h2-13,20H,14-19H2,1H3,(H2,34,39);2*1H. The van der Waals surface area contributed by atoms with E-state index in [0.29, 0.717) is 12.1 Å². The molecule has 3 aromatic carbocycles. The van der Waals surface area contributed by atoms with Gasteiger partial charge in [-0.05, 0) is 67.4 Å². The summed E-state index contributed by atoms with van der Waals surface area (Å²) < 4.78 is 40.9. The number of carbonyl (C=O) groups excluding carboxylic acids is 1. The molecule has 0 bridgehead atoms. The lowest BCUT2D eigenvalue weighted by molar-refractivity contribution is -0.137. The number of aryl methyl sites for hydroxylation is 1. The van der Waals surface area contributed by atoms with E-state index in [-0.39, 0.29) is 30.5 Å². The molecule has 4 aromatic rings. The molecule has 2 heterocycles. The van der Waals surface area contributed by atoms with Gasteiger partial charge in [-0.1, -0.05) is 30.3 Å². The third-order valence-electron chi connectivity index (χ3n) is 7.12. The molecule has 0 aliphatic carbocycles. The highest BCUT2D eigenvalue weighted by Crippen LogP contribution is 2.39. The molecule has 0 spiro atoms. The number of pyridine rings is 1. The Morgan fingerprint density at radius 3 is 2.34 bits per heavy atom. The molecule has 1 aromatic heterocycles. The zero-order chi connectivity index (χ0) is 27.6. The zero-order valence-corrected chi connectivity index (χ0v) is 24.1. The molecule has 2 amide bonds. The molecule has 0 saturated carbocycles. The maximum Gasteiger partial charge on any atom is 0.418 e. The van der Waals surface area contributed by atoms with E-state index in [2.05, 4.69) is 26.9 Å². The molecule has 0 atom stereocenters. The minimum atomic E-state index is -4.62. The second-order valence-corrected chi connectivity index (χ2v) is 9.73. The van der Waals surface area contributed by atoms with Gasteiger partial charge in [-0.15, -0.1) is 24.8 Å². The van der Waals surface area contributed by atoms with Crippen LogP contribution < -0.4 is 15.5 Å². The van der Waals surface area contributed by atoms with Crippen molar-refractivity contribution in [1.82, 2.24) is 9.88 Å². The van der Waals surface area contributed by atoms with Gasteiger partial charge in [-0.25, -0.2) is 4.79 Å². The van der Waals surface area contributed by atoms with Crippen molar-refractivity contribution in [3.63, 3.8) is 0 Å². The van der Waals surface area contributed by atoms with E-state index in [0.717, 1.165) is 65.9 Å². The number of carbonyl (C=O) groups is 1. The van der Waals surface area contributed by atoms with Gasteiger partial charge in [0.25, 0.3) is 0 Å². The number of urea groups is 1. The summed E-state index contributed by atoms with van der Waals surface area (Å²) in [6, 6.07) is 21.4. The van der Waals surface area contributed by atoms with Crippen molar-refractivity contribution in [2.75, 3.05) is 42.5 Å². The first-order valence-electron chi connectivity index (χ1n) is 12.9. The average Bonchev–Trinajstić information content (AvgIpc) is 2.92. The van der Waals surface area contributed by atoms with Crippen LogP contribution in [-0.2, 0) is 12.6 Å². The number of nitrogens with two attached hydrogens (primary N) is 1. The summed E-state index contributed by atoms with van der Waals surface area (Å²) in [6.07, 6.45) is -3.93. The van der Waals surface area contributed by atoms with E-state index in [1.54, 1.807) is 18.2 Å². The first-order valence-corrected chi connectivity index (χ1v) is 12.9. The molecule has 1 saturated heterocycles. The molecule has 41 heavy (non-hydrogen) atoms. The number of rotatable bonds is 6. The van der Waals surface area contributed by atoms with Gasteiger partial charge in [0.15, 0.2) is 0 Å². The Morgan fingerprint density at radius 1 is 0.927 bits per heavy atom. The average molecular weight is 607 g/mol. The maximum absolute atomic E-state index is 13.6. The summed E-state index contributed by atoms with van der Waals surface area (Å²) in [5.74, 6) is 0. The van der Waals surface area contributed by atoms with Crippen molar-refractivity contribution in [3.8, 4) is 0 Å². The predicted molar refractivity (Wildman–Crippen MR) is 163 cm³/mol. The maximum atomic E-state index is 13.6. The quantitative estimate of drug-likeness (QED) is 0.257. The second kappa shape index (κ2) is 13.4. The molecule has 218 valence electrons. The summed E-state index contributed by atoms with van der Waals surface area (Å²) in [6.45, 7) is 6.34. The molecule has 2 N–H and O–H groups in total. The summed E-state index contributed by atoms with van der Waals surface area (Å²) in [7, 11) is 0. The molecule has 11 heteroatoms. The van der Waals surface area contributed by atoms with E-state index >= 15 is 0 Å². The number of benzene rings is 3. The topological polar surface area (TPSA) is 65.7 Å². The van der Waals surface area contributed by atoms with Crippen LogP contribution in [0.5, 0.6) is 0 Å². The van der Waals surface area contributed by atoms with Gasteiger partial charge in [0, 0.05) is 49.5 Å². The Balaban J connectivity index is 0.00000231. The Hall–Kier alpha value is -3.53. The van der Waals surface area contributed by atoms with Gasteiger partial charge in [-0.3, -0.25) is 14.8 Å². The molecule has 5 rings (SSSR count).